The van der Waals surface area contributed by atoms with Crippen molar-refractivity contribution in [3.05, 3.63) is 88.4 Å². The Labute approximate surface area is 196 Å². The zero-order valence-corrected chi connectivity index (χ0v) is 18.6. The Bertz CT molecular complexity index is 1280. The van der Waals surface area contributed by atoms with Crippen molar-refractivity contribution < 1.29 is 13.6 Å². The van der Waals surface area contributed by atoms with E-state index in [9.17, 15) is 13.6 Å². The maximum Gasteiger partial charge on any atom is 0.234 e. The Morgan fingerprint density at radius 1 is 0.969 bits per heavy atom. The maximum atomic E-state index is 13.4. The Morgan fingerprint density at radius 2 is 1.72 bits per heavy atom. The Balaban J connectivity index is 1.61. The quantitative estimate of drug-likeness (QED) is 0.324. The predicted molar refractivity (Wildman–Crippen MR) is 123 cm³/mol. The number of hydrogen-bond acceptors (Lipinski definition) is 4. The van der Waals surface area contributed by atoms with Gasteiger partial charge in [0.1, 0.15) is 0 Å². The van der Waals surface area contributed by atoms with Crippen LogP contribution < -0.4 is 5.32 Å². The average molecular weight is 491 g/mol. The lowest BCUT2D eigenvalue weighted by atomic mass is 10.2. The van der Waals surface area contributed by atoms with E-state index in [0.29, 0.717) is 26.6 Å². The summed E-state index contributed by atoms with van der Waals surface area (Å²) in [5.74, 6) is -1.97. The first kappa shape index (κ1) is 22.3. The molecule has 0 fully saturated rings. The molecule has 1 heterocycles. The number of anilines is 1. The SMILES string of the molecule is O=C(CSc1nnc(-c2ccccc2Cl)n1-c1ccc(Cl)cc1)Nc1ccc(F)c(F)c1. The molecule has 0 radical (unpaired) electrons. The van der Waals surface area contributed by atoms with Gasteiger partial charge in [0.15, 0.2) is 22.6 Å². The molecule has 5 nitrogen and oxygen atoms in total. The molecule has 4 rings (SSSR count). The lowest BCUT2D eigenvalue weighted by Crippen LogP contribution is -2.15. The van der Waals surface area contributed by atoms with Crippen molar-refractivity contribution >= 4 is 46.6 Å². The molecule has 0 saturated heterocycles. The molecule has 0 aliphatic rings. The molecule has 0 unspecified atom stereocenters. The summed E-state index contributed by atoms with van der Waals surface area (Å²) in [5.41, 5.74) is 1.57. The van der Waals surface area contributed by atoms with E-state index in [2.05, 4.69) is 15.5 Å². The Hall–Kier alpha value is -2.94. The van der Waals surface area contributed by atoms with Crippen LogP contribution in [0.3, 0.4) is 0 Å². The van der Waals surface area contributed by atoms with Gasteiger partial charge in [0.05, 0.1) is 10.8 Å². The summed E-state index contributed by atoms with van der Waals surface area (Å²) >= 11 is 13.5. The van der Waals surface area contributed by atoms with Crippen molar-refractivity contribution in [2.75, 3.05) is 11.1 Å². The van der Waals surface area contributed by atoms with Gasteiger partial charge in [-0.05, 0) is 48.5 Å². The zero-order chi connectivity index (χ0) is 22.7. The van der Waals surface area contributed by atoms with Gasteiger partial charge in [0.25, 0.3) is 0 Å². The second kappa shape index (κ2) is 9.68. The van der Waals surface area contributed by atoms with Gasteiger partial charge >= 0.3 is 0 Å². The molecular formula is C22H14Cl2F2N4OS. The van der Waals surface area contributed by atoms with E-state index in [-0.39, 0.29) is 11.4 Å². The highest BCUT2D eigenvalue weighted by Crippen LogP contribution is 2.32. The molecule has 0 saturated carbocycles. The summed E-state index contributed by atoms with van der Waals surface area (Å²) in [7, 11) is 0. The molecule has 0 bridgehead atoms. The van der Waals surface area contributed by atoms with Crippen LogP contribution in [0.2, 0.25) is 10.0 Å². The molecular weight excluding hydrogens is 477 g/mol. The summed E-state index contributed by atoms with van der Waals surface area (Å²) in [5, 5.41) is 12.6. The second-order valence-corrected chi connectivity index (χ2v) is 8.35. The Kier molecular flexibility index (Phi) is 6.74. The number of carbonyl (C=O) groups excluding carboxylic acids is 1. The number of rotatable bonds is 6. The highest BCUT2D eigenvalue weighted by Gasteiger charge is 2.19. The topological polar surface area (TPSA) is 59.8 Å². The number of nitrogens with zero attached hydrogens (tertiary/aromatic N) is 3. The fourth-order valence-corrected chi connectivity index (χ4v) is 4.00. The minimum atomic E-state index is -1.04. The van der Waals surface area contributed by atoms with Crippen molar-refractivity contribution in [2.24, 2.45) is 0 Å². The highest BCUT2D eigenvalue weighted by molar-refractivity contribution is 7.99. The number of benzene rings is 3. The monoisotopic (exact) mass is 490 g/mol. The first-order chi connectivity index (χ1) is 15.4. The largest absolute Gasteiger partial charge is 0.325 e. The van der Waals surface area contributed by atoms with Gasteiger partial charge in [-0.25, -0.2) is 8.78 Å². The van der Waals surface area contributed by atoms with Gasteiger partial charge in [-0.1, -0.05) is 47.1 Å². The van der Waals surface area contributed by atoms with Crippen LogP contribution >= 0.6 is 35.0 Å². The molecule has 1 amide bonds. The highest BCUT2D eigenvalue weighted by atomic mass is 35.5. The molecule has 0 aliphatic carbocycles. The molecule has 1 N–H and O–H groups in total. The fraction of sp³-hybridized carbons (Fsp3) is 0.0455. The predicted octanol–water partition coefficient (Wildman–Crippen LogP) is 6.25. The van der Waals surface area contributed by atoms with Gasteiger partial charge in [0.2, 0.25) is 5.91 Å². The number of carbonyl (C=O) groups is 1. The molecule has 0 atom stereocenters. The van der Waals surface area contributed by atoms with Crippen molar-refractivity contribution in [3.63, 3.8) is 0 Å². The lowest BCUT2D eigenvalue weighted by molar-refractivity contribution is -0.113. The van der Waals surface area contributed by atoms with Crippen molar-refractivity contribution in [2.45, 2.75) is 5.16 Å². The third kappa shape index (κ3) is 4.93. The van der Waals surface area contributed by atoms with E-state index in [1.807, 2.05) is 18.2 Å². The number of thioether (sulfide) groups is 1. The van der Waals surface area contributed by atoms with Gasteiger partial charge in [-0.2, -0.15) is 0 Å². The van der Waals surface area contributed by atoms with Crippen LogP contribution in [0.15, 0.2) is 71.9 Å². The minimum absolute atomic E-state index is 0.0345. The molecule has 162 valence electrons. The average Bonchev–Trinajstić information content (AvgIpc) is 3.19. The molecule has 10 heteroatoms. The molecule has 0 aliphatic heterocycles. The number of aromatic nitrogens is 3. The Morgan fingerprint density at radius 3 is 2.44 bits per heavy atom. The second-order valence-electron chi connectivity index (χ2n) is 6.56. The van der Waals surface area contributed by atoms with E-state index in [4.69, 9.17) is 23.2 Å². The maximum absolute atomic E-state index is 13.4. The van der Waals surface area contributed by atoms with Crippen LogP contribution in [0.25, 0.3) is 17.1 Å². The summed E-state index contributed by atoms with van der Waals surface area (Å²) in [6.07, 6.45) is 0. The normalized spacial score (nSPS) is 10.9. The van der Waals surface area contributed by atoms with E-state index in [1.165, 1.54) is 6.07 Å². The smallest absolute Gasteiger partial charge is 0.234 e. The third-order valence-electron chi connectivity index (χ3n) is 4.37. The lowest BCUT2D eigenvalue weighted by Gasteiger charge is -2.11. The molecule has 32 heavy (non-hydrogen) atoms. The van der Waals surface area contributed by atoms with Gasteiger partial charge in [0, 0.05) is 28.0 Å². The summed E-state index contributed by atoms with van der Waals surface area (Å²) in [6, 6.07) is 17.4. The van der Waals surface area contributed by atoms with Crippen LogP contribution in [0, 0.1) is 11.6 Å². The van der Waals surface area contributed by atoms with Gasteiger partial charge < -0.3 is 5.32 Å². The number of nitrogens with one attached hydrogen (secondary N) is 1. The van der Waals surface area contributed by atoms with Crippen LogP contribution in [0.1, 0.15) is 0 Å². The summed E-state index contributed by atoms with van der Waals surface area (Å²) in [6.45, 7) is 0. The summed E-state index contributed by atoms with van der Waals surface area (Å²) in [4.78, 5) is 12.4. The van der Waals surface area contributed by atoms with Gasteiger partial charge in [-0.15, -0.1) is 10.2 Å². The molecule has 4 aromatic rings. The zero-order valence-electron chi connectivity index (χ0n) is 16.2. The number of halogens is 4. The fourth-order valence-electron chi connectivity index (χ4n) is 2.90. The van der Waals surface area contributed by atoms with Crippen molar-refractivity contribution in [1.29, 1.82) is 0 Å². The standard InChI is InChI=1S/C22H14Cl2F2N4OS/c23-13-5-8-15(9-6-13)30-21(16-3-1-2-4-17(16)24)28-29-22(30)32-12-20(31)27-14-7-10-18(25)19(26)11-14/h1-11H,12H2,(H,27,31). The van der Waals surface area contributed by atoms with Crippen molar-refractivity contribution in [3.8, 4) is 17.1 Å². The van der Waals surface area contributed by atoms with E-state index in [0.717, 1.165) is 29.6 Å². The van der Waals surface area contributed by atoms with E-state index >= 15 is 0 Å². The van der Waals surface area contributed by atoms with Crippen LogP contribution in [-0.2, 0) is 4.79 Å². The number of hydrogen-bond donors (Lipinski definition) is 1. The minimum Gasteiger partial charge on any atom is -0.325 e. The third-order valence-corrected chi connectivity index (χ3v) is 5.88. The molecule has 1 aromatic heterocycles. The first-order valence-corrected chi connectivity index (χ1v) is 11.0. The molecule has 3 aromatic carbocycles. The van der Waals surface area contributed by atoms with Crippen molar-refractivity contribution in [1.82, 2.24) is 14.8 Å². The first-order valence-electron chi connectivity index (χ1n) is 9.26. The van der Waals surface area contributed by atoms with E-state index in [1.54, 1.807) is 34.9 Å². The summed E-state index contributed by atoms with van der Waals surface area (Å²) < 4.78 is 28.2. The van der Waals surface area contributed by atoms with Gasteiger partial charge in [-0.3, -0.25) is 9.36 Å². The van der Waals surface area contributed by atoms with Crippen LogP contribution in [0.5, 0.6) is 0 Å². The van der Waals surface area contributed by atoms with Crippen LogP contribution in [0.4, 0.5) is 14.5 Å². The molecule has 0 spiro atoms. The number of amides is 1. The van der Waals surface area contributed by atoms with E-state index < -0.39 is 17.5 Å². The van der Waals surface area contributed by atoms with Crippen LogP contribution in [-0.4, -0.2) is 26.4 Å².